The lowest BCUT2D eigenvalue weighted by Crippen LogP contribution is -2.20. The van der Waals surface area contributed by atoms with Gasteiger partial charge in [-0.05, 0) is 19.1 Å². The standard InChI is InChI=1S/C15H13N5O/c1-10-8-13(11-4-2-3-5-12(11)18-10)19-15(21)20-14-9-16-6-7-17-14/h2-9H,1H3,(H2,17,18,19,20,21). The predicted molar refractivity (Wildman–Crippen MR) is 81.2 cm³/mol. The van der Waals surface area contributed by atoms with Gasteiger partial charge >= 0.3 is 6.03 Å². The fourth-order valence-electron chi connectivity index (χ4n) is 2.04. The van der Waals surface area contributed by atoms with Crippen LogP contribution >= 0.6 is 0 Å². The number of rotatable bonds is 2. The average molecular weight is 279 g/mol. The number of anilines is 2. The number of para-hydroxylation sites is 1. The summed E-state index contributed by atoms with van der Waals surface area (Å²) in [4.78, 5) is 24.3. The Hall–Kier alpha value is -3.02. The van der Waals surface area contributed by atoms with Crippen LogP contribution in [-0.4, -0.2) is 21.0 Å². The van der Waals surface area contributed by atoms with Gasteiger partial charge < -0.3 is 5.32 Å². The van der Waals surface area contributed by atoms with Gasteiger partial charge in [-0.15, -0.1) is 0 Å². The van der Waals surface area contributed by atoms with E-state index in [4.69, 9.17) is 0 Å². The van der Waals surface area contributed by atoms with E-state index in [1.54, 1.807) is 6.20 Å². The minimum absolute atomic E-state index is 0.369. The number of amides is 2. The lowest BCUT2D eigenvalue weighted by atomic mass is 10.1. The number of aromatic nitrogens is 3. The number of pyridine rings is 1. The number of nitrogens with zero attached hydrogens (tertiary/aromatic N) is 3. The molecule has 2 aromatic heterocycles. The molecule has 104 valence electrons. The molecule has 0 aliphatic carbocycles. The summed E-state index contributed by atoms with van der Waals surface area (Å²) in [6.45, 7) is 1.89. The lowest BCUT2D eigenvalue weighted by Gasteiger charge is -2.10. The predicted octanol–water partition coefficient (Wildman–Crippen LogP) is 2.98. The first-order valence-corrected chi connectivity index (χ1v) is 6.43. The maximum Gasteiger partial charge on any atom is 0.324 e. The van der Waals surface area contributed by atoms with E-state index < -0.39 is 0 Å². The van der Waals surface area contributed by atoms with Gasteiger partial charge in [0.05, 0.1) is 17.4 Å². The number of fused-ring (bicyclic) bond motifs is 1. The zero-order valence-corrected chi connectivity index (χ0v) is 11.4. The number of hydrogen-bond acceptors (Lipinski definition) is 4. The topological polar surface area (TPSA) is 79.8 Å². The van der Waals surface area contributed by atoms with Crippen LogP contribution < -0.4 is 10.6 Å². The van der Waals surface area contributed by atoms with Crippen molar-refractivity contribution in [3.05, 3.63) is 54.6 Å². The molecule has 3 rings (SSSR count). The first kappa shape index (κ1) is 13.0. The van der Waals surface area contributed by atoms with Gasteiger partial charge in [0, 0.05) is 23.5 Å². The van der Waals surface area contributed by atoms with Crippen molar-refractivity contribution >= 4 is 28.4 Å². The first-order valence-electron chi connectivity index (χ1n) is 6.43. The Balaban J connectivity index is 1.86. The van der Waals surface area contributed by atoms with Crippen molar-refractivity contribution in [3.63, 3.8) is 0 Å². The zero-order valence-electron chi connectivity index (χ0n) is 11.4. The Morgan fingerprint density at radius 3 is 2.81 bits per heavy atom. The number of hydrogen-bond donors (Lipinski definition) is 2. The molecular formula is C15H13N5O. The monoisotopic (exact) mass is 279 g/mol. The highest BCUT2D eigenvalue weighted by atomic mass is 16.2. The highest BCUT2D eigenvalue weighted by Gasteiger charge is 2.08. The second kappa shape index (κ2) is 5.54. The summed E-state index contributed by atoms with van der Waals surface area (Å²) in [6, 6.07) is 9.11. The lowest BCUT2D eigenvalue weighted by molar-refractivity contribution is 0.262. The number of carbonyl (C=O) groups is 1. The Labute approximate surface area is 121 Å². The molecule has 0 radical (unpaired) electrons. The smallest absolute Gasteiger partial charge is 0.307 e. The summed E-state index contributed by atoms with van der Waals surface area (Å²) in [5.41, 5.74) is 2.38. The van der Waals surface area contributed by atoms with Crippen molar-refractivity contribution in [2.24, 2.45) is 0 Å². The third kappa shape index (κ3) is 2.94. The molecule has 6 nitrogen and oxygen atoms in total. The molecular weight excluding hydrogens is 266 g/mol. The second-order valence-corrected chi connectivity index (χ2v) is 4.50. The van der Waals surface area contributed by atoms with E-state index in [1.807, 2.05) is 37.3 Å². The number of aryl methyl sites for hydroxylation is 1. The first-order chi connectivity index (χ1) is 10.2. The zero-order chi connectivity index (χ0) is 14.7. The summed E-state index contributed by atoms with van der Waals surface area (Å²) >= 11 is 0. The molecule has 0 aliphatic heterocycles. The van der Waals surface area contributed by atoms with Gasteiger partial charge in [-0.3, -0.25) is 15.3 Å². The Morgan fingerprint density at radius 2 is 2.00 bits per heavy atom. The van der Waals surface area contributed by atoms with Crippen molar-refractivity contribution in [3.8, 4) is 0 Å². The molecule has 0 fully saturated rings. The minimum Gasteiger partial charge on any atom is -0.307 e. The third-order valence-electron chi connectivity index (χ3n) is 2.90. The number of benzene rings is 1. The molecule has 0 unspecified atom stereocenters. The van der Waals surface area contributed by atoms with Crippen LogP contribution in [-0.2, 0) is 0 Å². The van der Waals surface area contributed by atoms with Crippen molar-refractivity contribution in [1.29, 1.82) is 0 Å². The van der Waals surface area contributed by atoms with E-state index >= 15 is 0 Å². The Kier molecular flexibility index (Phi) is 3.42. The fraction of sp³-hybridized carbons (Fsp3) is 0.0667. The van der Waals surface area contributed by atoms with E-state index in [0.29, 0.717) is 11.5 Å². The average Bonchev–Trinajstić information content (AvgIpc) is 2.48. The van der Waals surface area contributed by atoms with Crippen molar-refractivity contribution in [2.75, 3.05) is 10.6 Å². The highest BCUT2D eigenvalue weighted by molar-refractivity contribution is 6.05. The van der Waals surface area contributed by atoms with Crippen LogP contribution in [0.4, 0.5) is 16.3 Å². The van der Waals surface area contributed by atoms with Crippen LogP contribution in [0, 0.1) is 6.92 Å². The van der Waals surface area contributed by atoms with Crippen molar-refractivity contribution in [1.82, 2.24) is 15.0 Å². The van der Waals surface area contributed by atoms with Crippen LogP contribution in [0.1, 0.15) is 5.69 Å². The van der Waals surface area contributed by atoms with Crippen molar-refractivity contribution < 1.29 is 4.79 Å². The van der Waals surface area contributed by atoms with Gasteiger partial charge in [-0.1, -0.05) is 18.2 Å². The largest absolute Gasteiger partial charge is 0.324 e. The molecule has 3 aromatic rings. The molecule has 0 bridgehead atoms. The fourth-order valence-corrected chi connectivity index (χ4v) is 2.04. The molecule has 1 aromatic carbocycles. The molecule has 21 heavy (non-hydrogen) atoms. The van der Waals surface area contributed by atoms with Gasteiger partial charge in [-0.25, -0.2) is 9.78 Å². The quantitative estimate of drug-likeness (QED) is 0.755. The Bertz CT molecular complexity index is 788. The van der Waals surface area contributed by atoms with E-state index in [9.17, 15) is 4.79 Å². The summed E-state index contributed by atoms with van der Waals surface area (Å²) in [5, 5.41) is 6.33. The Morgan fingerprint density at radius 1 is 1.14 bits per heavy atom. The maximum absolute atomic E-state index is 12.0. The summed E-state index contributed by atoms with van der Waals surface area (Å²) < 4.78 is 0. The van der Waals surface area contributed by atoms with Gasteiger partial charge in [0.1, 0.15) is 0 Å². The van der Waals surface area contributed by atoms with Crippen molar-refractivity contribution in [2.45, 2.75) is 6.92 Å². The number of urea groups is 1. The van der Waals surface area contributed by atoms with E-state index in [0.717, 1.165) is 16.6 Å². The normalized spacial score (nSPS) is 10.3. The molecule has 6 heteroatoms. The van der Waals surface area contributed by atoms with E-state index in [1.165, 1.54) is 12.4 Å². The van der Waals surface area contributed by atoms with Gasteiger partial charge in [0.25, 0.3) is 0 Å². The number of carbonyl (C=O) groups excluding carboxylic acids is 1. The summed E-state index contributed by atoms with van der Waals surface area (Å²) in [5.74, 6) is 0.394. The molecule has 0 saturated carbocycles. The molecule has 0 spiro atoms. The molecule has 2 amide bonds. The molecule has 0 aliphatic rings. The minimum atomic E-state index is -0.369. The SMILES string of the molecule is Cc1cc(NC(=O)Nc2cnccn2)c2ccccc2n1. The van der Waals surface area contributed by atoms with E-state index in [2.05, 4.69) is 25.6 Å². The van der Waals surface area contributed by atoms with Crippen LogP contribution in [0.3, 0.4) is 0 Å². The van der Waals surface area contributed by atoms with Crippen LogP contribution in [0.2, 0.25) is 0 Å². The highest BCUT2D eigenvalue weighted by Crippen LogP contribution is 2.22. The molecule has 0 atom stereocenters. The maximum atomic E-state index is 12.0. The van der Waals surface area contributed by atoms with Gasteiger partial charge in [-0.2, -0.15) is 0 Å². The van der Waals surface area contributed by atoms with Crippen LogP contribution in [0.25, 0.3) is 10.9 Å². The molecule has 2 N–H and O–H groups in total. The molecule has 2 heterocycles. The van der Waals surface area contributed by atoms with Crippen LogP contribution in [0.5, 0.6) is 0 Å². The molecule has 0 saturated heterocycles. The number of nitrogens with one attached hydrogen (secondary N) is 2. The van der Waals surface area contributed by atoms with Crippen LogP contribution in [0.15, 0.2) is 48.9 Å². The van der Waals surface area contributed by atoms with E-state index in [-0.39, 0.29) is 6.03 Å². The summed E-state index contributed by atoms with van der Waals surface area (Å²) in [6.07, 6.45) is 4.54. The third-order valence-corrected chi connectivity index (χ3v) is 2.90. The summed E-state index contributed by atoms with van der Waals surface area (Å²) in [7, 11) is 0. The van der Waals surface area contributed by atoms with Gasteiger partial charge in [0.2, 0.25) is 0 Å². The van der Waals surface area contributed by atoms with Gasteiger partial charge in [0.15, 0.2) is 5.82 Å². The second-order valence-electron chi connectivity index (χ2n) is 4.50.